The van der Waals surface area contributed by atoms with Gasteiger partial charge in [-0.2, -0.15) is 0 Å². The van der Waals surface area contributed by atoms with Gasteiger partial charge in [0.05, 0.1) is 17.6 Å². The van der Waals surface area contributed by atoms with E-state index in [0.717, 1.165) is 31.2 Å². The summed E-state index contributed by atoms with van der Waals surface area (Å²) in [5.41, 5.74) is 1.85. The average molecular weight is 397 g/mol. The van der Waals surface area contributed by atoms with E-state index in [0.29, 0.717) is 22.6 Å². The van der Waals surface area contributed by atoms with Crippen LogP contribution in [0.4, 0.5) is 0 Å². The Bertz CT molecular complexity index is 1150. The van der Waals surface area contributed by atoms with Crippen LogP contribution >= 0.6 is 0 Å². The minimum absolute atomic E-state index is 0.0908. The number of nitrogens with zero attached hydrogens (tertiary/aromatic N) is 2. The molecule has 1 aliphatic rings. The first-order chi connectivity index (χ1) is 13.8. The summed E-state index contributed by atoms with van der Waals surface area (Å²) in [4.78, 5) is 40.7. The van der Waals surface area contributed by atoms with Crippen molar-refractivity contribution in [2.24, 2.45) is 0 Å². The summed E-state index contributed by atoms with van der Waals surface area (Å²) in [5.74, 6) is -0.599. The standard InChI is InChI=1S/C21H23N3O5/c1-12-16(20(26)27)10-15(29-12)11-23(2)19(25)13-7-8-18-17(9-13)22-21(28)24(18)14-5-3-4-6-14/h7-10,14H,3-6,11H2,1-2H3,(H,22,28)(H,26,27). The van der Waals surface area contributed by atoms with Gasteiger partial charge < -0.3 is 19.4 Å². The van der Waals surface area contributed by atoms with Crippen molar-refractivity contribution in [1.82, 2.24) is 14.5 Å². The van der Waals surface area contributed by atoms with E-state index in [-0.39, 0.29) is 29.7 Å². The monoisotopic (exact) mass is 397 g/mol. The maximum Gasteiger partial charge on any atom is 0.339 e. The number of imidazole rings is 1. The van der Waals surface area contributed by atoms with Crippen LogP contribution in [-0.2, 0) is 6.54 Å². The number of carbonyl (C=O) groups excluding carboxylic acids is 1. The van der Waals surface area contributed by atoms with Crippen LogP contribution in [0.25, 0.3) is 11.0 Å². The number of carboxylic acid groups (broad SMARTS) is 1. The van der Waals surface area contributed by atoms with E-state index < -0.39 is 5.97 Å². The molecule has 152 valence electrons. The molecule has 2 aromatic heterocycles. The molecule has 1 aliphatic carbocycles. The highest BCUT2D eigenvalue weighted by Crippen LogP contribution is 2.30. The Morgan fingerprint density at radius 1 is 1.28 bits per heavy atom. The van der Waals surface area contributed by atoms with Gasteiger partial charge in [-0.05, 0) is 44.0 Å². The molecule has 8 nitrogen and oxygen atoms in total. The second-order valence-electron chi connectivity index (χ2n) is 7.62. The van der Waals surface area contributed by atoms with Crippen LogP contribution in [0, 0.1) is 6.92 Å². The van der Waals surface area contributed by atoms with Gasteiger partial charge in [-0.15, -0.1) is 0 Å². The van der Waals surface area contributed by atoms with E-state index in [1.54, 1.807) is 30.7 Å². The Hall–Kier alpha value is -3.29. The number of hydrogen-bond acceptors (Lipinski definition) is 4. The summed E-state index contributed by atoms with van der Waals surface area (Å²) in [7, 11) is 1.62. The molecule has 3 aromatic rings. The first-order valence-corrected chi connectivity index (χ1v) is 9.67. The number of benzene rings is 1. The van der Waals surface area contributed by atoms with Crippen molar-refractivity contribution in [3.8, 4) is 0 Å². The van der Waals surface area contributed by atoms with Crippen LogP contribution in [0.2, 0.25) is 0 Å². The number of carboxylic acids is 1. The van der Waals surface area contributed by atoms with Gasteiger partial charge >= 0.3 is 11.7 Å². The first kappa shape index (κ1) is 19.0. The number of rotatable bonds is 5. The van der Waals surface area contributed by atoms with Gasteiger partial charge in [-0.1, -0.05) is 12.8 Å². The van der Waals surface area contributed by atoms with E-state index in [4.69, 9.17) is 9.52 Å². The van der Waals surface area contributed by atoms with Gasteiger partial charge in [-0.3, -0.25) is 9.36 Å². The van der Waals surface area contributed by atoms with Crippen LogP contribution in [0.5, 0.6) is 0 Å². The molecule has 4 rings (SSSR count). The summed E-state index contributed by atoms with van der Waals surface area (Å²) >= 11 is 0. The molecule has 2 N–H and O–H groups in total. The molecule has 0 aliphatic heterocycles. The molecule has 0 saturated heterocycles. The van der Waals surface area contributed by atoms with Gasteiger partial charge in [0.2, 0.25) is 0 Å². The second kappa shape index (κ2) is 7.27. The third-order valence-corrected chi connectivity index (χ3v) is 5.59. The molecule has 8 heteroatoms. The molecule has 1 amide bonds. The number of furan rings is 1. The van der Waals surface area contributed by atoms with Crippen LogP contribution < -0.4 is 5.69 Å². The summed E-state index contributed by atoms with van der Waals surface area (Å²) in [5, 5.41) is 9.13. The summed E-state index contributed by atoms with van der Waals surface area (Å²) in [6.07, 6.45) is 4.25. The number of aromatic amines is 1. The second-order valence-corrected chi connectivity index (χ2v) is 7.62. The fraction of sp³-hybridized carbons (Fsp3) is 0.381. The average Bonchev–Trinajstić information content (AvgIpc) is 3.38. The van der Waals surface area contributed by atoms with Crippen LogP contribution in [0.15, 0.2) is 33.5 Å². The minimum atomic E-state index is -1.06. The number of amides is 1. The molecular formula is C21H23N3O5. The van der Waals surface area contributed by atoms with Crippen molar-refractivity contribution in [3.63, 3.8) is 0 Å². The normalized spacial score (nSPS) is 14.6. The van der Waals surface area contributed by atoms with E-state index in [2.05, 4.69) is 4.98 Å². The van der Waals surface area contributed by atoms with Crippen molar-refractivity contribution in [1.29, 1.82) is 0 Å². The number of aryl methyl sites for hydroxylation is 1. The number of aromatic carboxylic acids is 1. The van der Waals surface area contributed by atoms with E-state index in [1.807, 2.05) is 6.07 Å². The molecule has 2 heterocycles. The quantitative estimate of drug-likeness (QED) is 0.687. The predicted octanol–water partition coefficient (Wildman–Crippen LogP) is 3.32. The van der Waals surface area contributed by atoms with Crippen molar-refractivity contribution in [2.75, 3.05) is 7.05 Å². The largest absolute Gasteiger partial charge is 0.478 e. The van der Waals surface area contributed by atoms with E-state index >= 15 is 0 Å². The van der Waals surface area contributed by atoms with Crippen LogP contribution in [-0.4, -0.2) is 38.5 Å². The number of aromatic nitrogens is 2. The molecule has 0 bridgehead atoms. The lowest BCUT2D eigenvalue weighted by molar-refractivity contribution is 0.0694. The number of carbonyl (C=O) groups is 2. The topological polar surface area (TPSA) is 109 Å². The molecule has 0 unspecified atom stereocenters. The molecule has 29 heavy (non-hydrogen) atoms. The molecule has 0 radical (unpaired) electrons. The number of fused-ring (bicyclic) bond motifs is 1. The van der Waals surface area contributed by atoms with E-state index in [1.165, 1.54) is 11.0 Å². The van der Waals surface area contributed by atoms with Crippen LogP contribution in [0.1, 0.15) is 64.0 Å². The summed E-state index contributed by atoms with van der Waals surface area (Å²) in [6, 6.07) is 6.87. The number of H-pyrrole nitrogens is 1. The Labute approximate surface area is 166 Å². The molecular weight excluding hydrogens is 374 g/mol. The van der Waals surface area contributed by atoms with Gasteiger partial charge in [0, 0.05) is 18.7 Å². The highest BCUT2D eigenvalue weighted by Gasteiger charge is 2.22. The molecule has 1 aromatic carbocycles. The maximum absolute atomic E-state index is 12.8. The van der Waals surface area contributed by atoms with Gasteiger partial charge in [0.15, 0.2) is 0 Å². The number of nitrogens with one attached hydrogen (secondary N) is 1. The number of hydrogen-bond donors (Lipinski definition) is 2. The lowest BCUT2D eigenvalue weighted by Gasteiger charge is -2.16. The van der Waals surface area contributed by atoms with E-state index in [9.17, 15) is 14.4 Å². The SMILES string of the molecule is Cc1oc(CN(C)C(=O)c2ccc3c(c2)[nH]c(=O)n3C2CCCC2)cc1C(=O)O. The summed E-state index contributed by atoms with van der Waals surface area (Å²) < 4.78 is 7.26. The van der Waals surface area contributed by atoms with Crippen molar-refractivity contribution < 1.29 is 19.1 Å². The van der Waals surface area contributed by atoms with Gasteiger partial charge in [0.25, 0.3) is 5.91 Å². The zero-order valence-corrected chi connectivity index (χ0v) is 16.4. The maximum atomic E-state index is 12.8. The van der Waals surface area contributed by atoms with Crippen molar-refractivity contribution in [3.05, 3.63) is 57.4 Å². The van der Waals surface area contributed by atoms with Crippen LogP contribution in [0.3, 0.4) is 0 Å². The molecule has 0 atom stereocenters. The van der Waals surface area contributed by atoms with Crippen molar-refractivity contribution in [2.45, 2.75) is 45.2 Å². The Kier molecular flexibility index (Phi) is 4.77. The van der Waals surface area contributed by atoms with Crippen molar-refractivity contribution >= 4 is 22.9 Å². The Morgan fingerprint density at radius 3 is 2.66 bits per heavy atom. The zero-order chi connectivity index (χ0) is 20.7. The Morgan fingerprint density at radius 2 is 2.00 bits per heavy atom. The fourth-order valence-corrected chi connectivity index (χ4v) is 4.15. The fourth-order valence-electron chi connectivity index (χ4n) is 4.15. The molecule has 1 saturated carbocycles. The zero-order valence-electron chi connectivity index (χ0n) is 16.4. The lowest BCUT2D eigenvalue weighted by atomic mass is 10.1. The third kappa shape index (κ3) is 3.46. The molecule has 1 fully saturated rings. The lowest BCUT2D eigenvalue weighted by Crippen LogP contribution is -2.26. The minimum Gasteiger partial charge on any atom is -0.478 e. The highest BCUT2D eigenvalue weighted by atomic mass is 16.4. The smallest absolute Gasteiger partial charge is 0.339 e. The first-order valence-electron chi connectivity index (χ1n) is 9.67. The Balaban J connectivity index is 1.57. The molecule has 0 spiro atoms. The summed E-state index contributed by atoms with van der Waals surface area (Å²) in [6.45, 7) is 1.72. The van der Waals surface area contributed by atoms with Gasteiger partial charge in [-0.25, -0.2) is 9.59 Å². The third-order valence-electron chi connectivity index (χ3n) is 5.59. The van der Waals surface area contributed by atoms with Gasteiger partial charge in [0.1, 0.15) is 17.1 Å². The predicted molar refractivity (Wildman–Crippen MR) is 106 cm³/mol. The highest BCUT2D eigenvalue weighted by molar-refractivity contribution is 5.97.